The Morgan fingerprint density at radius 3 is 2.20 bits per heavy atom. The highest BCUT2D eigenvalue weighted by Gasteiger charge is 2.16. The Kier molecular flexibility index (Phi) is 6.34. The van der Waals surface area contributed by atoms with E-state index in [1.807, 2.05) is 19.9 Å². The van der Waals surface area contributed by atoms with Gasteiger partial charge in [0.25, 0.3) is 11.8 Å². The van der Waals surface area contributed by atoms with Crippen LogP contribution in [0.15, 0.2) is 65.9 Å². The van der Waals surface area contributed by atoms with E-state index >= 15 is 0 Å². The van der Waals surface area contributed by atoms with Gasteiger partial charge in [-0.2, -0.15) is 0 Å². The number of carbonyl (C=O) groups is 2. The monoisotopic (exact) mass is 338 g/mol. The number of carbonyl (C=O) groups excluding carboxylic acids is 2. The second kappa shape index (κ2) is 8.68. The van der Waals surface area contributed by atoms with Gasteiger partial charge in [0.1, 0.15) is 11.4 Å². The molecule has 0 aromatic heterocycles. The molecule has 0 aliphatic carbocycles. The van der Waals surface area contributed by atoms with Crippen molar-refractivity contribution in [1.82, 2.24) is 5.32 Å². The van der Waals surface area contributed by atoms with Gasteiger partial charge in [-0.1, -0.05) is 25.1 Å². The predicted molar refractivity (Wildman–Crippen MR) is 98.5 cm³/mol. The van der Waals surface area contributed by atoms with E-state index in [0.29, 0.717) is 23.4 Å². The molecule has 0 spiro atoms. The molecule has 2 rings (SSSR count). The number of methoxy groups -OCH3 is 1. The highest BCUT2D eigenvalue weighted by atomic mass is 16.5. The number of hydrogen-bond donors (Lipinski definition) is 2. The maximum Gasteiger partial charge on any atom is 0.272 e. The normalized spacial score (nSPS) is 11.3. The molecule has 0 fully saturated rings. The molecule has 2 amide bonds. The van der Waals surface area contributed by atoms with Gasteiger partial charge in [0.15, 0.2) is 0 Å². The van der Waals surface area contributed by atoms with E-state index in [9.17, 15) is 9.59 Å². The number of hydrogen-bond acceptors (Lipinski definition) is 3. The lowest BCUT2D eigenvalue weighted by atomic mass is 10.1. The largest absolute Gasteiger partial charge is 0.497 e. The zero-order chi connectivity index (χ0) is 18.2. The molecule has 25 heavy (non-hydrogen) atoms. The van der Waals surface area contributed by atoms with E-state index in [-0.39, 0.29) is 17.5 Å². The summed E-state index contributed by atoms with van der Waals surface area (Å²) in [6, 6.07) is 15.8. The van der Waals surface area contributed by atoms with Crippen LogP contribution in [0.25, 0.3) is 0 Å². The van der Waals surface area contributed by atoms with Crippen molar-refractivity contribution in [2.45, 2.75) is 20.3 Å². The van der Waals surface area contributed by atoms with Gasteiger partial charge in [0.05, 0.1) is 7.11 Å². The van der Waals surface area contributed by atoms with Crippen LogP contribution in [0.1, 0.15) is 30.6 Å². The molecule has 0 aliphatic heterocycles. The molecule has 5 heteroatoms. The standard InChI is InChI=1S/C20H22N2O3/c1-4-14(2)18(22-19(23)15-8-6-5-7-9-15)20(24)21-16-10-12-17(25-3)13-11-16/h5-13H,4H2,1-3H3,(H,21,24)(H,22,23). The second-order valence-electron chi connectivity index (χ2n) is 5.51. The molecule has 5 nitrogen and oxygen atoms in total. The van der Waals surface area contributed by atoms with Crippen molar-refractivity contribution in [2.75, 3.05) is 12.4 Å². The topological polar surface area (TPSA) is 67.4 Å². The zero-order valence-electron chi connectivity index (χ0n) is 14.6. The smallest absolute Gasteiger partial charge is 0.272 e. The minimum Gasteiger partial charge on any atom is -0.497 e. The fraction of sp³-hybridized carbons (Fsp3) is 0.200. The zero-order valence-corrected chi connectivity index (χ0v) is 14.6. The third kappa shape index (κ3) is 4.94. The molecule has 0 saturated heterocycles. The third-order valence-electron chi connectivity index (χ3n) is 3.81. The maximum atomic E-state index is 12.6. The SMILES string of the molecule is CCC(C)=C(NC(=O)c1ccccc1)C(=O)Nc1ccc(OC)cc1. The molecule has 0 aliphatic rings. The Balaban J connectivity index is 2.16. The lowest BCUT2D eigenvalue weighted by Crippen LogP contribution is -2.32. The first-order valence-electron chi connectivity index (χ1n) is 8.06. The number of ether oxygens (including phenoxy) is 1. The summed E-state index contributed by atoms with van der Waals surface area (Å²) < 4.78 is 5.10. The minimum atomic E-state index is -0.353. The molecule has 130 valence electrons. The number of nitrogens with one attached hydrogen (secondary N) is 2. The van der Waals surface area contributed by atoms with Crippen molar-refractivity contribution >= 4 is 17.5 Å². The Labute approximate surface area is 147 Å². The summed E-state index contributed by atoms with van der Waals surface area (Å²) >= 11 is 0. The van der Waals surface area contributed by atoms with E-state index < -0.39 is 0 Å². The molecule has 0 saturated carbocycles. The number of allylic oxidation sites excluding steroid dienone is 1. The second-order valence-corrected chi connectivity index (χ2v) is 5.51. The Morgan fingerprint density at radius 2 is 1.64 bits per heavy atom. The minimum absolute atomic E-state index is 0.271. The number of amides is 2. The highest BCUT2D eigenvalue weighted by molar-refractivity contribution is 6.08. The summed E-state index contributed by atoms with van der Waals surface area (Å²) in [4.78, 5) is 25.0. The van der Waals surface area contributed by atoms with E-state index in [0.717, 1.165) is 5.57 Å². The van der Waals surface area contributed by atoms with Gasteiger partial charge in [-0.15, -0.1) is 0 Å². The van der Waals surface area contributed by atoms with Crippen molar-refractivity contribution < 1.29 is 14.3 Å². The van der Waals surface area contributed by atoms with Crippen LogP contribution in [0, 0.1) is 0 Å². The van der Waals surface area contributed by atoms with Crippen molar-refractivity contribution in [2.24, 2.45) is 0 Å². The van der Waals surface area contributed by atoms with Gasteiger partial charge in [0.2, 0.25) is 0 Å². The van der Waals surface area contributed by atoms with Crippen molar-refractivity contribution in [1.29, 1.82) is 0 Å². The van der Waals surface area contributed by atoms with Crippen LogP contribution in [0.3, 0.4) is 0 Å². The van der Waals surface area contributed by atoms with E-state index in [2.05, 4.69) is 10.6 Å². The van der Waals surface area contributed by atoms with Crippen LogP contribution < -0.4 is 15.4 Å². The van der Waals surface area contributed by atoms with Gasteiger partial charge >= 0.3 is 0 Å². The van der Waals surface area contributed by atoms with Gasteiger partial charge < -0.3 is 15.4 Å². The lowest BCUT2D eigenvalue weighted by molar-refractivity contribution is -0.113. The highest BCUT2D eigenvalue weighted by Crippen LogP contribution is 2.16. The molecule has 2 N–H and O–H groups in total. The van der Waals surface area contributed by atoms with Crippen LogP contribution in [0.4, 0.5) is 5.69 Å². The fourth-order valence-electron chi connectivity index (χ4n) is 2.18. The molecule has 0 atom stereocenters. The Hall–Kier alpha value is -3.08. The fourth-order valence-corrected chi connectivity index (χ4v) is 2.18. The summed E-state index contributed by atoms with van der Waals surface area (Å²) in [5, 5.41) is 5.53. The van der Waals surface area contributed by atoms with Crippen molar-refractivity contribution in [3.8, 4) is 5.75 Å². The maximum absolute atomic E-state index is 12.6. The van der Waals surface area contributed by atoms with Crippen LogP contribution in [-0.2, 0) is 4.79 Å². The third-order valence-corrected chi connectivity index (χ3v) is 3.81. The average molecular weight is 338 g/mol. The molecule has 0 heterocycles. The number of anilines is 1. The molecular weight excluding hydrogens is 316 g/mol. The van der Waals surface area contributed by atoms with Crippen LogP contribution >= 0.6 is 0 Å². The Morgan fingerprint density at radius 1 is 1.00 bits per heavy atom. The van der Waals surface area contributed by atoms with E-state index in [1.54, 1.807) is 55.6 Å². The van der Waals surface area contributed by atoms with E-state index in [1.165, 1.54) is 0 Å². The lowest BCUT2D eigenvalue weighted by Gasteiger charge is -2.14. The van der Waals surface area contributed by atoms with Gasteiger partial charge in [-0.05, 0) is 55.3 Å². The molecule has 0 radical (unpaired) electrons. The Bertz CT molecular complexity index is 765. The summed E-state index contributed by atoms with van der Waals surface area (Å²) in [6.07, 6.45) is 0.653. The number of benzene rings is 2. The van der Waals surface area contributed by atoms with Gasteiger partial charge in [0, 0.05) is 11.3 Å². The summed E-state index contributed by atoms with van der Waals surface area (Å²) in [6.45, 7) is 3.76. The van der Waals surface area contributed by atoms with Crippen LogP contribution in [-0.4, -0.2) is 18.9 Å². The summed E-state index contributed by atoms with van der Waals surface area (Å²) in [7, 11) is 1.58. The summed E-state index contributed by atoms with van der Waals surface area (Å²) in [5.41, 5.74) is 2.20. The first-order chi connectivity index (χ1) is 12.0. The first-order valence-corrected chi connectivity index (χ1v) is 8.06. The van der Waals surface area contributed by atoms with Crippen molar-refractivity contribution in [3.05, 3.63) is 71.4 Å². The van der Waals surface area contributed by atoms with Crippen molar-refractivity contribution in [3.63, 3.8) is 0 Å². The molecule has 2 aromatic carbocycles. The predicted octanol–water partition coefficient (Wildman–Crippen LogP) is 3.75. The van der Waals surface area contributed by atoms with E-state index in [4.69, 9.17) is 4.74 Å². The van der Waals surface area contributed by atoms with Gasteiger partial charge in [-0.3, -0.25) is 9.59 Å². The van der Waals surface area contributed by atoms with Crippen LogP contribution in [0.5, 0.6) is 5.75 Å². The molecular formula is C20H22N2O3. The van der Waals surface area contributed by atoms with Gasteiger partial charge in [-0.25, -0.2) is 0 Å². The number of rotatable bonds is 6. The van der Waals surface area contributed by atoms with Crippen LogP contribution in [0.2, 0.25) is 0 Å². The first kappa shape index (κ1) is 18.3. The molecule has 0 unspecified atom stereocenters. The average Bonchev–Trinajstić information content (AvgIpc) is 2.66. The summed E-state index contributed by atoms with van der Waals surface area (Å²) in [5.74, 6) is 0.0398. The molecule has 0 bridgehead atoms. The molecule has 2 aromatic rings. The quantitative estimate of drug-likeness (QED) is 0.788.